The molecule has 0 aromatic carbocycles. The Labute approximate surface area is 150 Å². The van der Waals surface area contributed by atoms with Crippen LogP contribution in [0.5, 0.6) is 0 Å². The molecule has 1 saturated carbocycles. The quantitative estimate of drug-likeness (QED) is 0.805. The van der Waals surface area contributed by atoms with Crippen molar-refractivity contribution < 1.29 is 14.4 Å². The van der Waals surface area contributed by atoms with Gasteiger partial charge in [-0.1, -0.05) is 26.2 Å². The number of hydrogen-bond acceptors (Lipinski definition) is 5. The molecule has 1 aliphatic heterocycles. The van der Waals surface area contributed by atoms with Crippen molar-refractivity contribution in [2.75, 3.05) is 11.9 Å². The first-order chi connectivity index (χ1) is 12.0. The molecule has 25 heavy (non-hydrogen) atoms. The second-order valence-corrected chi connectivity index (χ2v) is 7.57. The lowest BCUT2D eigenvalue weighted by Crippen LogP contribution is -2.48. The van der Waals surface area contributed by atoms with Gasteiger partial charge in [-0.25, -0.2) is 4.79 Å². The van der Waals surface area contributed by atoms with Crippen LogP contribution in [0.1, 0.15) is 49.5 Å². The summed E-state index contributed by atoms with van der Waals surface area (Å²) >= 11 is 1.34. The lowest BCUT2D eigenvalue weighted by Gasteiger charge is -2.30. The number of carbonyl (C=O) groups excluding carboxylic acids is 3. The maximum atomic E-state index is 12.7. The predicted octanol–water partition coefficient (Wildman–Crippen LogP) is 2.38. The molecule has 0 atom stereocenters. The Hall–Kier alpha value is -2.40. The van der Waals surface area contributed by atoms with Gasteiger partial charge in [0, 0.05) is 4.88 Å². The summed E-state index contributed by atoms with van der Waals surface area (Å²) in [5.74, 6) is -0.786. The first-order valence-electron chi connectivity index (χ1n) is 8.46. The van der Waals surface area contributed by atoms with Gasteiger partial charge in [-0.2, -0.15) is 5.26 Å². The standard InChI is InChI=1S/C17H20N4O3S/c1-2-12-8-11(9-18)14(25-12)19-13(22)10-21-15(23)17(20-16(21)24)6-4-3-5-7-17/h8H,2-7,10H2,1H3,(H,19,22)(H,20,24). The third kappa shape index (κ3) is 3.24. The highest BCUT2D eigenvalue weighted by Crippen LogP contribution is 2.33. The number of nitriles is 1. The van der Waals surface area contributed by atoms with E-state index in [9.17, 15) is 14.4 Å². The smallest absolute Gasteiger partial charge is 0.323 e. The van der Waals surface area contributed by atoms with Gasteiger partial charge in [-0.3, -0.25) is 14.5 Å². The Morgan fingerprint density at radius 3 is 2.76 bits per heavy atom. The van der Waals surface area contributed by atoms with Crippen LogP contribution in [-0.4, -0.2) is 34.8 Å². The largest absolute Gasteiger partial charge is 0.325 e. The van der Waals surface area contributed by atoms with E-state index in [2.05, 4.69) is 10.6 Å². The monoisotopic (exact) mass is 360 g/mol. The Bertz CT molecular complexity index is 758. The van der Waals surface area contributed by atoms with E-state index in [-0.39, 0.29) is 12.5 Å². The topological polar surface area (TPSA) is 102 Å². The Balaban J connectivity index is 1.69. The van der Waals surface area contributed by atoms with Crippen molar-refractivity contribution in [3.8, 4) is 6.07 Å². The molecular formula is C17H20N4O3S. The maximum Gasteiger partial charge on any atom is 0.325 e. The van der Waals surface area contributed by atoms with Gasteiger partial charge in [0.1, 0.15) is 23.2 Å². The van der Waals surface area contributed by atoms with Gasteiger partial charge in [0.2, 0.25) is 5.91 Å². The van der Waals surface area contributed by atoms with Gasteiger partial charge >= 0.3 is 6.03 Å². The summed E-state index contributed by atoms with van der Waals surface area (Å²) in [6.07, 6.45) is 4.86. The number of hydrogen-bond donors (Lipinski definition) is 2. The summed E-state index contributed by atoms with van der Waals surface area (Å²) in [7, 11) is 0. The molecule has 1 aromatic rings. The Morgan fingerprint density at radius 1 is 1.40 bits per heavy atom. The fourth-order valence-electron chi connectivity index (χ4n) is 3.42. The summed E-state index contributed by atoms with van der Waals surface area (Å²) in [5.41, 5.74) is -0.428. The van der Waals surface area contributed by atoms with Gasteiger partial charge in [-0.05, 0) is 25.3 Å². The third-order valence-corrected chi connectivity index (χ3v) is 5.95. The molecule has 2 fully saturated rings. The van der Waals surface area contributed by atoms with Crippen LogP contribution in [-0.2, 0) is 16.0 Å². The van der Waals surface area contributed by atoms with E-state index >= 15 is 0 Å². The van der Waals surface area contributed by atoms with Crippen molar-refractivity contribution in [2.45, 2.75) is 51.0 Å². The zero-order chi connectivity index (χ0) is 18.0. The van der Waals surface area contributed by atoms with Crippen molar-refractivity contribution in [3.63, 3.8) is 0 Å². The van der Waals surface area contributed by atoms with Crippen LogP contribution in [0.2, 0.25) is 0 Å². The maximum absolute atomic E-state index is 12.7. The number of imide groups is 1. The third-order valence-electron chi connectivity index (χ3n) is 4.76. The highest BCUT2D eigenvalue weighted by Gasteiger charge is 2.51. The van der Waals surface area contributed by atoms with Crippen LogP contribution in [0.3, 0.4) is 0 Å². The lowest BCUT2D eigenvalue weighted by molar-refractivity contribution is -0.134. The summed E-state index contributed by atoms with van der Waals surface area (Å²) in [6, 6.07) is 3.28. The molecular weight excluding hydrogens is 340 g/mol. The van der Waals surface area contributed by atoms with E-state index in [1.807, 2.05) is 13.0 Å². The minimum atomic E-state index is -0.828. The van der Waals surface area contributed by atoms with Crippen molar-refractivity contribution >= 4 is 34.2 Å². The molecule has 1 spiro atoms. The number of nitrogens with zero attached hydrogens (tertiary/aromatic N) is 2. The van der Waals surface area contributed by atoms with Gasteiger partial charge in [0.15, 0.2) is 0 Å². The molecule has 0 bridgehead atoms. The molecule has 7 nitrogen and oxygen atoms in total. The number of nitrogens with one attached hydrogen (secondary N) is 2. The van der Waals surface area contributed by atoms with Gasteiger partial charge < -0.3 is 10.6 Å². The molecule has 3 rings (SSSR count). The van der Waals surface area contributed by atoms with Crippen LogP contribution in [0.25, 0.3) is 0 Å². The van der Waals surface area contributed by atoms with E-state index in [0.717, 1.165) is 35.5 Å². The molecule has 2 aliphatic rings. The zero-order valence-corrected chi connectivity index (χ0v) is 14.9. The first kappa shape index (κ1) is 17.4. The first-order valence-corrected chi connectivity index (χ1v) is 9.27. The highest BCUT2D eigenvalue weighted by molar-refractivity contribution is 7.16. The van der Waals surface area contributed by atoms with Crippen molar-refractivity contribution in [1.82, 2.24) is 10.2 Å². The molecule has 2 N–H and O–H groups in total. The fraction of sp³-hybridized carbons (Fsp3) is 0.529. The van der Waals surface area contributed by atoms with Crippen molar-refractivity contribution in [3.05, 3.63) is 16.5 Å². The Morgan fingerprint density at radius 2 is 2.12 bits per heavy atom. The molecule has 0 unspecified atom stereocenters. The van der Waals surface area contributed by atoms with E-state index < -0.39 is 17.5 Å². The van der Waals surface area contributed by atoms with Gasteiger partial charge in [0.05, 0.1) is 5.56 Å². The second kappa shape index (κ2) is 6.84. The van der Waals surface area contributed by atoms with E-state index in [1.165, 1.54) is 11.3 Å². The van der Waals surface area contributed by atoms with Crippen LogP contribution in [0.4, 0.5) is 9.80 Å². The average Bonchev–Trinajstić information content (AvgIpc) is 3.10. The molecule has 1 aliphatic carbocycles. The van der Waals surface area contributed by atoms with Crippen molar-refractivity contribution in [1.29, 1.82) is 5.26 Å². The second-order valence-electron chi connectivity index (χ2n) is 6.43. The summed E-state index contributed by atoms with van der Waals surface area (Å²) in [4.78, 5) is 39.1. The van der Waals surface area contributed by atoms with E-state index in [1.54, 1.807) is 6.07 Å². The van der Waals surface area contributed by atoms with E-state index in [0.29, 0.717) is 23.4 Å². The molecule has 1 saturated heterocycles. The summed E-state index contributed by atoms with van der Waals surface area (Å²) < 4.78 is 0. The number of aryl methyl sites for hydroxylation is 1. The van der Waals surface area contributed by atoms with Gasteiger partial charge in [0.25, 0.3) is 5.91 Å². The number of carbonyl (C=O) groups is 3. The minimum absolute atomic E-state index is 0.312. The predicted molar refractivity (Wildman–Crippen MR) is 93.1 cm³/mol. The highest BCUT2D eigenvalue weighted by atomic mass is 32.1. The van der Waals surface area contributed by atoms with Gasteiger partial charge in [-0.15, -0.1) is 11.3 Å². The van der Waals surface area contributed by atoms with Crippen LogP contribution in [0.15, 0.2) is 6.07 Å². The number of amides is 4. The number of urea groups is 1. The van der Waals surface area contributed by atoms with Crippen molar-refractivity contribution in [2.24, 2.45) is 0 Å². The van der Waals surface area contributed by atoms with E-state index in [4.69, 9.17) is 5.26 Å². The molecule has 8 heteroatoms. The molecule has 2 heterocycles. The molecule has 0 radical (unpaired) electrons. The Kier molecular flexibility index (Phi) is 4.77. The van der Waals surface area contributed by atoms with Crippen LogP contribution < -0.4 is 10.6 Å². The SMILES string of the molecule is CCc1cc(C#N)c(NC(=O)CN2C(=O)NC3(CCCCC3)C2=O)s1. The van der Waals surface area contributed by atoms with Crippen LogP contribution in [0, 0.1) is 11.3 Å². The van der Waals surface area contributed by atoms with Crippen LogP contribution >= 0.6 is 11.3 Å². The molecule has 132 valence electrons. The number of rotatable bonds is 4. The normalized spacial score (nSPS) is 19.0. The lowest BCUT2D eigenvalue weighted by atomic mass is 9.82. The molecule has 1 aromatic heterocycles. The number of thiophene rings is 1. The summed E-state index contributed by atoms with van der Waals surface area (Å²) in [6.45, 7) is 1.63. The summed E-state index contributed by atoms with van der Waals surface area (Å²) in [5, 5.41) is 15.1. The number of anilines is 1. The molecule has 4 amide bonds. The fourth-order valence-corrected chi connectivity index (χ4v) is 4.38. The minimum Gasteiger partial charge on any atom is -0.323 e. The zero-order valence-electron chi connectivity index (χ0n) is 14.1. The average molecular weight is 360 g/mol.